The lowest BCUT2D eigenvalue weighted by atomic mass is 10.1. The van der Waals surface area contributed by atoms with E-state index >= 15 is 0 Å². The van der Waals surface area contributed by atoms with Crippen molar-refractivity contribution in [3.63, 3.8) is 0 Å². The molecule has 0 spiro atoms. The molecule has 0 saturated heterocycles. The minimum absolute atomic E-state index is 0.286. The number of halogens is 1. The second-order valence-electron chi connectivity index (χ2n) is 6.11. The lowest BCUT2D eigenvalue weighted by molar-refractivity contribution is 0.174. The van der Waals surface area contributed by atoms with Gasteiger partial charge < -0.3 is 9.47 Å². The van der Waals surface area contributed by atoms with Crippen LogP contribution in [-0.4, -0.2) is 21.4 Å². The fourth-order valence-electron chi connectivity index (χ4n) is 3.04. The second-order valence-corrected chi connectivity index (χ2v) is 8.30. The summed E-state index contributed by atoms with van der Waals surface area (Å²) in [6.07, 6.45) is 0. The Kier molecular flexibility index (Phi) is 4.22. The molecule has 136 valence electrons. The van der Waals surface area contributed by atoms with Crippen LogP contribution in [-0.2, 0) is 5.75 Å². The van der Waals surface area contributed by atoms with Crippen molar-refractivity contribution in [2.75, 3.05) is 6.79 Å². The highest BCUT2D eigenvalue weighted by Gasteiger charge is 2.17. The Balaban J connectivity index is 1.48. The van der Waals surface area contributed by atoms with Gasteiger partial charge in [0.2, 0.25) is 11.8 Å². The molecular weight excluding hydrogens is 402 g/mol. The maximum absolute atomic E-state index is 6.32. The van der Waals surface area contributed by atoms with Crippen LogP contribution in [0.15, 0.2) is 46.9 Å². The van der Waals surface area contributed by atoms with E-state index in [0.29, 0.717) is 0 Å². The van der Waals surface area contributed by atoms with Crippen molar-refractivity contribution in [2.24, 2.45) is 0 Å². The van der Waals surface area contributed by atoms with Gasteiger partial charge in [-0.15, -0.1) is 21.5 Å². The molecule has 0 bridgehead atoms. The molecule has 0 aliphatic carbocycles. The van der Waals surface area contributed by atoms with Gasteiger partial charge in [-0.25, -0.2) is 0 Å². The summed E-state index contributed by atoms with van der Waals surface area (Å²) in [5.74, 6) is 2.36. The summed E-state index contributed by atoms with van der Waals surface area (Å²) >= 11 is 9.54. The molecule has 0 saturated carbocycles. The van der Waals surface area contributed by atoms with Gasteiger partial charge in [-0.05, 0) is 36.2 Å². The van der Waals surface area contributed by atoms with Crippen LogP contribution in [0.1, 0.15) is 11.1 Å². The number of hydrogen-bond donors (Lipinski definition) is 0. The third kappa shape index (κ3) is 2.96. The fourth-order valence-corrected chi connectivity index (χ4v) is 4.99. The summed E-state index contributed by atoms with van der Waals surface area (Å²) in [6, 6.07) is 12.0. The van der Waals surface area contributed by atoms with Gasteiger partial charge in [-0.2, -0.15) is 0 Å². The Bertz CT molecular complexity index is 1160. The number of thioether (sulfide) groups is 1. The van der Waals surface area contributed by atoms with Gasteiger partial charge in [-0.1, -0.05) is 41.6 Å². The van der Waals surface area contributed by atoms with Crippen molar-refractivity contribution in [3.05, 3.63) is 57.9 Å². The van der Waals surface area contributed by atoms with Crippen LogP contribution in [0.5, 0.6) is 11.5 Å². The van der Waals surface area contributed by atoms with Crippen molar-refractivity contribution in [1.29, 1.82) is 0 Å². The number of rotatable bonds is 4. The van der Waals surface area contributed by atoms with Gasteiger partial charge >= 0.3 is 0 Å². The van der Waals surface area contributed by atoms with Crippen LogP contribution >= 0.6 is 34.7 Å². The predicted octanol–water partition coefficient (Wildman–Crippen LogP) is 5.44. The van der Waals surface area contributed by atoms with Crippen molar-refractivity contribution < 1.29 is 9.47 Å². The zero-order chi connectivity index (χ0) is 18.4. The molecule has 0 N–H and O–H groups in total. The summed E-state index contributed by atoms with van der Waals surface area (Å²) < 4.78 is 12.9. The maximum atomic E-state index is 6.32. The highest BCUT2D eigenvalue weighted by molar-refractivity contribution is 7.98. The Hall–Kier alpha value is -2.22. The van der Waals surface area contributed by atoms with Gasteiger partial charge in [0.15, 0.2) is 16.7 Å². The van der Waals surface area contributed by atoms with Crippen molar-refractivity contribution in [2.45, 2.75) is 17.8 Å². The smallest absolute Gasteiger partial charge is 0.231 e. The van der Waals surface area contributed by atoms with Gasteiger partial charge in [0.05, 0.1) is 5.69 Å². The van der Waals surface area contributed by atoms with Crippen LogP contribution in [0.3, 0.4) is 0 Å². The normalized spacial score (nSPS) is 12.8. The van der Waals surface area contributed by atoms with Crippen LogP contribution in [0, 0.1) is 6.92 Å². The molecule has 8 heteroatoms. The third-order valence-electron chi connectivity index (χ3n) is 4.47. The molecule has 0 fully saturated rings. The first-order valence-electron chi connectivity index (χ1n) is 8.30. The van der Waals surface area contributed by atoms with E-state index in [1.165, 1.54) is 0 Å². The molecule has 0 unspecified atom stereocenters. The van der Waals surface area contributed by atoms with Gasteiger partial charge in [-0.3, -0.25) is 4.40 Å². The molecule has 27 heavy (non-hydrogen) atoms. The molecular formula is C19H14ClN3O2S2. The zero-order valence-electron chi connectivity index (χ0n) is 14.3. The van der Waals surface area contributed by atoms with Crippen molar-refractivity contribution in [1.82, 2.24) is 14.6 Å². The molecule has 0 atom stereocenters. The summed E-state index contributed by atoms with van der Waals surface area (Å²) in [4.78, 5) is 0.873. The monoisotopic (exact) mass is 415 g/mol. The van der Waals surface area contributed by atoms with Gasteiger partial charge in [0, 0.05) is 21.7 Å². The third-order valence-corrected chi connectivity index (χ3v) is 6.69. The lowest BCUT2D eigenvalue weighted by Gasteiger charge is -2.08. The molecule has 2 aromatic heterocycles. The summed E-state index contributed by atoms with van der Waals surface area (Å²) in [7, 11) is 0. The topological polar surface area (TPSA) is 48.7 Å². The predicted molar refractivity (Wildman–Crippen MR) is 108 cm³/mol. The average Bonchev–Trinajstić information content (AvgIpc) is 3.38. The highest BCUT2D eigenvalue weighted by Crippen LogP contribution is 2.36. The SMILES string of the molecule is Cc1c(Cl)cccc1-c1csc2nnc(SCc3ccc4c(c3)OCO4)n12. The zero-order valence-corrected chi connectivity index (χ0v) is 16.7. The van der Waals surface area contributed by atoms with E-state index in [-0.39, 0.29) is 6.79 Å². The molecule has 5 rings (SSSR count). The van der Waals surface area contributed by atoms with Crippen LogP contribution in [0.25, 0.3) is 16.2 Å². The molecule has 0 amide bonds. The molecule has 1 aliphatic heterocycles. The summed E-state index contributed by atoms with van der Waals surface area (Å²) in [6.45, 7) is 2.32. The number of aromatic nitrogens is 3. The summed E-state index contributed by atoms with van der Waals surface area (Å²) in [5, 5.41) is 12.4. The second kappa shape index (κ2) is 6.74. The number of nitrogens with zero attached hydrogens (tertiary/aromatic N) is 3. The largest absolute Gasteiger partial charge is 0.454 e. The Morgan fingerprint density at radius 2 is 2.07 bits per heavy atom. The van der Waals surface area contributed by atoms with E-state index in [4.69, 9.17) is 21.1 Å². The molecule has 3 heterocycles. The van der Waals surface area contributed by atoms with E-state index in [1.807, 2.05) is 37.3 Å². The first-order valence-corrected chi connectivity index (χ1v) is 10.5. The highest BCUT2D eigenvalue weighted by atomic mass is 35.5. The van der Waals surface area contributed by atoms with Crippen molar-refractivity contribution >= 4 is 39.7 Å². The quantitative estimate of drug-likeness (QED) is 0.415. The van der Waals surface area contributed by atoms with Gasteiger partial charge in [0.1, 0.15) is 0 Å². The number of ether oxygens (including phenoxy) is 2. The molecule has 1 aliphatic rings. The molecule has 5 nitrogen and oxygen atoms in total. The maximum Gasteiger partial charge on any atom is 0.231 e. The van der Waals surface area contributed by atoms with Crippen molar-refractivity contribution in [3.8, 4) is 22.8 Å². The lowest BCUT2D eigenvalue weighted by Crippen LogP contribution is -1.93. The number of hydrogen-bond acceptors (Lipinski definition) is 6. The molecule has 0 radical (unpaired) electrons. The Morgan fingerprint density at radius 3 is 3.00 bits per heavy atom. The average molecular weight is 416 g/mol. The first kappa shape index (κ1) is 16.9. The number of thiazole rings is 1. The molecule has 2 aromatic carbocycles. The number of benzene rings is 2. The minimum atomic E-state index is 0.286. The standard InChI is InChI=1S/C19H14ClN3O2S2/c1-11-13(3-2-4-14(11)20)15-9-27-19-22-21-18(23(15)19)26-8-12-5-6-16-17(7-12)25-10-24-16/h2-7,9H,8,10H2,1H3. The fraction of sp³-hybridized carbons (Fsp3) is 0.158. The minimum Gasteiger partial charge on any atom is -0.454 e. The van der Waals surface area contributed by atoms with E-state index in [1.54, 1.807) is 23.1 Å². The number of fused-ring (bicyclic) bond motifs is 2. The van der Waals surface area contributed by atoms with E-state index in [9.17, 15) is 0 Å². The van der Waals surface area contributed by atoms with E-state index in [2.05, 4.69) is 26.0 Å². The Labute approximate surface area is 168 Å². The summed E-state index contributed by atoms with van der Waals surface area (Å²) in [5.41, 5.74) is 4.36. The van der Waals surface area contributed by atoms with Crippen LogP contribution in [0.2, 0.25) is 5.02 Å². The Morgan fingerprint density at radius 1 is 1.19 bits per heavy atom. The van der Waals surface area contributed by atoms with Crippen LogP contribution in [0.4, 0.5) is 0 Å². The van der Waals surface area contributed by atoms with E-state index < -0.39 is 0 Å². The molecule has 4 aromatic rings. The van der Waals surface area contributed by atoms with Gasteiger partial charge in [0.25, 0.3) is 0 Å². The first-order chi connectivity index (χ1) is 13.2. The van der Waals surface area contributed by atoms with Crippen LogP contribution < -0.4 is 9.47 Å². The van der Waals surface area contributed by atoms with E-state index in [0.717, 1.165) is 54.8 Å².